The van der Waals surface area contributed by atoms with Gasteiger partial charge in [-0.3, -0.25) is 0 Å². The monoisotopic (exact) mass is 744 g/mol. The Kier molecular flexibility index (Phi) is 7.84. The van der Waals surface area contributed by atoms with Gasteiger partial charge in [0.1, 0.15) is 0 Å². The predicted molar refractivity (Wildman–Crippen MR) is 240 cm³/mol. The zero-order valence-electron chi connectivity index (χ0n) is 31.4. The zero-order chi connectivity index (χ0) is 37.9. The molecule has 0 aliphatic heterocycles. The Bertz CT molecular complexity index is 3080. The van der Waals surface area contributed by atoms with Gasteiger partial charge in [-0.2, -0.15) is 0 Å². The molecule has 0 saturated heterocycles. The van der Waals surface area contributed by atoms with Gasteiger partial charge in [0.05, 0.1) is 11.4 Å². The van der Waals surface area contributed by atoms with Crippen LogP contribution in [0.3, 0.4) is 0 Å². The van der Waals surface area contributed by atoms with Crippen LogP contribution in [0.5, 0.6) is 0 Å². The summed E-state index contributed by atoms with van der Waals surface area (Å²) in [4.78, 5) is 10.3. The van der Waals surface area contributed by atoms with E-state index in [1.165, 1.54) is 64.7 Å². The van der Waals surface area contributed by atoms with Gasteiger partial charge in [0.25, 0.3) is 0 Å². The minimum absolute atomic E-state index is 0.206. The lowest BCUT2D eigenvalue weighted by Gasteiger charge is -2.28. The lowest BCUT2D eigenvalue weighted by atomic mass is 9.74. The zero-order valence-corrected chi connectivity index (χ0v) is 32.2. The number of hydrogen-bond acceptors (Lipinski definition) is 3. The van der Waals surface area contributed by atoms with Crippen molar-refractivity contribution < 1.29 is 0 Å². The molecule has 8 aromatic carbocycles. The van der Waals surface area contributed by atoms with Crippen molar-refractivity contribution in [1.29, 1.82) is 0 Å². The molecular weight excluding hydrogens is 709 g/mol. The van der Waals surface area contributed by atoms with Gasteiger partial charge in [0.15, 0.2) is 5.82 Å². The van der Waals surface area contributed by atoms with Gasteiger partial charge in [-0.25, -0.2) is 9.97 Å². The first-order valence-electron chi connectivity index (χ1n) is 19.5. The quantitative estimate of drug-likeness (QED) is 0.169. The van der Waals surface area contributed by atoms with Crippen molar-refractivity contribution in [2.45, 2.75) is 12.3 Å². The Labute approximate surface area is 336 Å². The lowest BCUT2D eigenvalue weighted by Crippen LogP contribution is -2.22. The van der Waals surface area contributed by atoms with Crippen LogP contribution in [0.25, 0.3) is 87.5 Å². The lowest BCUT2D eigenvalue weighted by molar-refractivity contribution is 0.714. The SMILES string of the molecule is CC1(c2ccc(-c3ccc(-c4cc(-c5cccc(-c6ccc7sc8ccccc8c7c6)c5)nc(-c5ccccc5)n4)cc3)cc2)c2ccccc2-c2ccccc21. The molecule has 1 aliphatic rings. The van der Waals surface area contributed by atoms with Crippen LogP contribution < -0.4 is 0 Å². The molecule has 0 N–H and O–H groups in total. The number of rotatable bonds is 6. The molecule has 0 saturated carbocycles. The molecule has 2 aromatic heterocycles. The molecule has 268 valence electrons. The normalized spacial score (nSPS) is 12.8. The number of thiophene rings is 1. The number of benzene rings is 8. The average molecular weight is 745 g/mol. The summed E-state index contributed by atoms with van der Waals surface area (Å²) in [5, 5.41) is 2.61. The second-order valence-electron chi connectivity index (χ2n) is 15.1. The molecule has 0 amide bonds. The van der Waals surface area contributed by atoms with E-state index in [0.29, 0.717) is 5.82 Å². The summed E-state index contributed by atoms with van der Waals surface area (Å²) in [6.07, 6.45) is 0. The fraction of sp³-hybridized carbons (Fsp3) is 0.0370. The molecule has 1 aliphatic carbocycles. The molecular formula is C54H36N2S. The van der Waals surface area contributed by atoms with Crippen LogP contribution in [0.15, 0.2) is 200 Å². The van der Waals surface area contributed by atoms with Crippen molar-refractivity contribution in [3.05, 3.63) is 217 Å². The molecule has 57 heavy (non-hydrogen) atoms. The van der Waals surface area contributed by atoms with Crippen molar-refractivity contribution >= 4 is 31.5 Å². The number of fused-ring (bicyclic) bond motifs is 6. The minimum Gasteiger partial charge on any atom is -0.228 e. The van der Waals surface area contributed by atoms with Crippen LogP contribution >= 0.6 is 11.3 Å². The molecule has 3 heteroatoms. The Balaban J connectivity index is 0.935. The second kappa shape index (κ2) is 13.4. The third-order valence-electron chi connectivity index (χ3n) is 11.8. The van der Waals surface area contributed by atoms with Gasteiger partial charge in [0, 0.05) is 42.3 Å². The van der Waals surface area contributed by atoms with Gasteiger partial charge < -0.3 is 0 Å². The molecule has 2 heterocycles. The number of aromatic nitrogens is 2. The Hall–Kier alpha value is -6.94. The van der Waals surface area contributed by atoms with Crippen molar-refractivity contribution in [2.24, 2.45) is 0 Å². The van der Waals surface area contributed by atoms with E-state index in [1.807, 2.05) is 29.5 Å². The molecule has 0 radical (unpaired) electrons. The molecule has 2 nitrogen and oxygen atoms in total. The number of nitrogens with zero attached hydrogens (tertiary/aromatic N) is 2. The van der Waals surface area contributed by atoms with Gasteiger partial charge in [0.2, 0.25) is 0 Å². The van der Waals surface area contributed by atoms with Crippen LogP contribution in [-0.4, -0.2) is 9.97 Å². The molecule has 0 fully saturated rings. The number of hydrogen-bond donors (Lipinski definition) is 0. The second-order valence-corrected chi connectivity index (χ2v) is 16.2. The third-order valence-corrected chi connectivity index (χ3v) is 13.0. The van der Waals surface area contributed by atoms with Crippen molar-refractivity contribution in [3.8, 4) is 67.3 Å². The van der Waals surface area contributed by atoms with E-state index in [0.717, 1.165) is 33.6 Å². The summed E-state index contributed by atoms with van der Waals surface area (Å²) in [6, 6.07) is 72.2. The Morgan fingerprint density at radius 1 is 0.368 bits per heavy atom. The topological polar surface area (TPSA) is 25.8 Å². The van der Waals surface area contributed by atoms with E-state index in [9.17, 15) is 0 Å². The van der Waals surface area contributed by atoms with Crippen LogP contribution in [0.1, 0.15) is 23.6 Å². The minimum atomic E-state index is -0.206. The summed E-state index contributed by atoms with van der Waals surface area (Å²) in [5.74, 6) is 0.711. The van der Waals surface area contributed by atoms with Gasteiger partial charge in [-0.1, -0.05) is 170 Å². The van der Waals surface area contributed by atoms with Crippen molar-refractivity contribution in [3.63, 3.8) is 0 Å². The van der Waals surface area contributed by atoms with E-state index < -0.39 is 0 Å². The standard InChI is InChI=1S/C54H36N2S/c1-54(47-19-8-5-16-43(47)44-17-6-9-20-48(44)54)42-29-26-36(27-30-42)35-22-24-37(25-23-35)49-34-50(56-53(55-49)38-12-3-2-4-13-38)41-15-11-14-39(32-41)40-28-31-52-46(33-40)45-18-7-10-21-51(45)57-52/h2-34H,1H3. The Morgan fingerprint density at radius 2 is 0.895 bits per heavy atom. The first kappa shape index (κ1) is 33.4. The fourth-order valence-electron chi connectivity index (χ4n) is 8.82. The molecule has 0 spiro atoms. The highest BCUT2D eigenvalue weighted by molar-refractivity contribution is 7.25. The highest BCUT2D eigenvalue weighted by atomic mass is 32.1. The maximum absolute atomic E-state index is 5.15. The first-order chi connectivity index (χ1) is 28.1. The van der Waals surface area contributed by atoms with E-state index in [1.54, 1.807) is 0 Å². The largest absolute Gasteiger partial charge is 0.228 e. The third kappa shape index (κ3) is 5.62. The summed E-state index contributed by atoms with van der Waals surface area (Å²) < 4.78 is 2.63. The molecule has 11 rings (SSSR count). The van der Waals surface area contributed by atoms with Crippen molar-refractivity contribution in [1.82, 2.24) is 9.97 Å². The van der Waals surface area contributed by atoms with Gasteiger partial charge in [-0.05, 0) is 87.3 Å². The van der Waals surface area contributed by atoms with E-state index in [4.69, 9.17) is 9.97 Å². The summed E-state index contributed by atoms with van der Waals surface area (Å²) in [7, 11) is 0. The highest BCUT2D eigenvalue weighted by Gasteiger charge is 2.40. The van der Waals surface area contributed by atoms with Crippen LogP contribution in [0.4, 0.5) is 0 Å². The van der Waals surface area contributed by atoms with Gasteiger partial charge in [-0.15, -0.1) is 11.3 Å². The van der Waals surface area contributed by atoms with Gasteiger partial charge >= 0.3 is 0 Å². The fourth-order valence-corrected chi connectivity index (χ4v) is 9.90. The first-order valence-corrected chi connectivity index (χ1v) is 20.3. The van der Waals surface area contributed by atoms with Crippen LogP contribution in [0.2, 0.25) is 0 Å². The maximum Gasteiger partial charge on any atom is 0.160 e. The van der Waals surface area contributed by atoms with Crippen molar-refractivity contribution in [2.75, 3.05) is 0 Å². The van der Waals surface area contributed by atoms with Crippen LogP contribution in [-0.2, 0) is 5.41 Å². The maximum atomic E-state index is 5.15. The molecule has 0 unspecified atom stereocenters. The highest BCUT2D eigenvalue weighted by Crippen LogP contribution is 2.52. The van der Waals surface area contributed by atoms with E-state index in [-0.39, 0.29) is 5.41 Å². The molecule has 0 bridgehead atoms. The average Bonchev–Trinajstić information content (AvgIpc) is 3.79. The van der Waals surface area contributed by atoms with E-state index >= 15 is 0 Å². The predicted octanol–water partition coefficient (Wildman–Crippen LogP) is 14.5. The molecule has 0 atom stereocenters. The summed E-state index contributed by atoms with van der Waals surface area (Å²) >= 11 is 1.85. The molecule has 10 aromatic rings. The summed E-state index contributed by atoms with van der Waals surface area (Å²) in [6.45, 7) is 2.36. The Morgan fingerprint density at radius 3 is 1.63 bits per heavy atom. The smallest absolute Gasteiger partial charge is 0.160 e. The van der Waals surface area contributed by atoms with Crippen LogP contribution in [0, 0.1) is 0 Å². The summed E-state index contributed by atoms with van der Waals surface area (Å²) in [5.41, 5.74) is 16.1. The van der Waals surface area contributed by atoms with E-state index in [2.05, 4.69) is 189 Å².